The molecule has 0 saturated carbocycles. The number of carbonyl (C=O) groups is 1. The van der Waals surface area contributed by atoms with Gasteiger partial charge in [-0.2, -0.15) is 0 Å². The minimum Gasteiger partial charge on any atom is -0.392 e. The topological polar surface area (TPSA) is 75.3 Å². The molecule has 2 unspecified atom stereocenters. The van der Waals surface area contributed by atoms with Crippen LogP contribution in [-0.4, -0.2) is 29.7 Å². The molecular formula is C10H22N2O2. The Morgan fingerprint density at radius 1 is 1.50 bits per heavy atom. The van der Waals surface area contributed by atoms with Gasteiger partial charge < -0.3 is 16.2 Å². The van der Waals surface area contributed by atoms with E-state index in [2.05, 4.69) is 26.1 Å². The highest BCUT2D eigenvalue weighted by Gasteiger charge is 2.17. The van der Waals surface area contributed by atoms with Crippen LogP contribution in [0.1, 0.15) is 34.1 Å². The highest BCUT2D eigenvalue weighted by molar-refractivity contribution is 5.79. The van der Waals surface area contributed by atoms with E-state index in [1.54, 1.807) is 6.92 Å². The third-order valence-electron chi connectivity index (χ3n) is 1.93. The molecule has 4 N–H and O–H groups in total. The second kappa shape index (κ2) is 5.32. The van der Waals surface area contributed by atoms with E-state index in [0.29, 0.717) is 13.0 Å². The highest BCUT2D eigenvalue weighted by atomic mass is 16.3. The number of aliphatic hydroxyl groups excluding tert-OH is 1. The number of hydrogen-bond acceptors (Lipinski definition) is 3. The number of rotatable bonds is 5. The third kappa shape index (κ3) is 6.86. The van der Waals surface area contributed by atoms with Crippen LogP contribution in [0.25, 0.3) is 0 Å². The van der Waals surface area contributed by atoms with Gasteiger partial charge in [-0.25, -0.2) is 0 Å². The molecule has 0 heterocycles. The standard InChI is InChI=1S/C10H22N2O2/c1-7(9(11)14)12-6-8(13)5-10(2,3)4/h7-8,12-13H,5-6H2,1-4H3,(H2,11,14). The number of hydrogen-bond donors (Lipinski definition) is 3. The van der Waals surface area contributed by atoms with Crippen molar-refractivity contribution in [3.63, 3.8) is 0 Å². The third-order valence-corrected chi connectivity index (χ3v) is 1.93. The Bertz CT molecular complexity index is 187. The first-order valence-corrected chi connectivity index (χ1v) is 4.93. The van der Waals surface area contributed by atoms with Crippen molar-refractivity contribution in [3.05, 3.63) is 0 Å². The molecule has 84 valence electrons. The van der Waals surface area contributed by atoms with Gasteiger partial charge in [-0.3, -0.25) is 4.79 Å². The maximum Gasteiger partial charge on any atom is 0.234 e. The van der Waals surface area contributed by atoms with Crippen molar-refractivity contribution >= 4 is 5.91 Å². The zero-order valence-electron chi connectivity index (χ0n) is 9.50. The molecule has 0 aromatic heterocycles. The molecule has 0 fully saturated rings. The maximum absolute atomic E-state index is 10.7. The van der Waals surface area contributed by atoms with Crippen LogP contribution >= 0.6 is 0 Å². The lowest BCUT2D eigenvalue weighted by atomic mass is 9.89. The van der Waals surface area contributed by atoms with Crippen LogP contribution in [0.3, 0.4) is 0 Å². The van der Waals surface area contributed by atoms with Crippen LogP contribution in [0.2, 0.25) is 0 Å². The summed E-state index contributed by atoms with van der Waals surface area (Å²) in [7, 11) is 0. The van der Waals surface area contributed by atoms with Crippen molar-refractivity contribution in [2.75, 3.05) is 6.54 Å². The number of aliphatic hydroxyl groups is 1. The molecule has 0 aliphatic carbocycles. The highest BCUT2D eigenvalue weighted by Crippen LogP contribution is 2.20. The van der Waals surface area contributed by atoms with Gasteiger partial charge in [0.15, 0.2) is 0 Å². The van der Waals surface area contributed by atoms with Gasteiger partial charge in [-0.1, -0.05) is 20.8 Å². The fourth-order valence-corrected chi connectivity index (χ4v) is 1.19. The van der Waals surface area contributed by atoms with Gasteiger partial charge in [0, 0.05) is 6.54 Å². The van der Waals surface area contributed by atoms with Crippen LogP contribution in [0.4, 0.5) is 0 Å². The van der Waals surface area contributed by atoms with Gasteiger partial charge >= 0.3 is 0 Å². The average molecular weight is 202 g/mol. The minimum absolute atomic E-state index is 0.0943. The molecule has 0 radical (unpaired) electrons. The molecule has 0 rings (SSSR count). The first kappa shape index (κ1) is 13.4. The molecular weight excluding hydrogens is 180 g/mol. The van der Waals surface area contributed by atoms with Crippen LogP contribution in [-0.2, 0) is 4.79 Å². The lowest BCUT2D eigenvalue weighted by Crippen LogP contribution is -2.42. The number of nitrogens with one attached hydrogen (secondary N) is 1. The van der Waals surface area contributed by atoms with E-state index < -0.39 is 12.0 Å². The van der Waals surface area contributed by atoms with E-state index in [1.807, 2.05) is 0 Å². The second-order valence-corrected chi connectivity index (χ2v) is 4.95. The van der Waals surface area contributed by atoms with Crippen molar-refractivity contribution in [3.8, 4) is 0 Å². The van der Waals surface area contributed by atoms with Crippen LogP contribution in [0.15, 0.2) is 0 Å². The summed E-state index contributed by atoms with van der Waals surface area (Å²) in [5.41, 5.74) is 5.16. The van der Waals surface area contributed by atoms with Gasteiger partial charge in [0.1, 0.15) is 0 Å². The molecule has 2 atom stereocenters. The predicted octanol–water partition coefficient (Wildman–Crippen LogP) is 0.247. The summed E-state index contributed by atoms with van der Waals surface area (Å²) < 4.78 is 0. The average Bonchev–Trinajstić information content (AvgIpc) is 1.96. The predicted molar refractivity (Wildman–Crippen MR) is 56.7 cm³/mol. The van der Waals surface area contributed by atoms with Crippen molar-refractivity contribution < 1.29 is 9.90 Å². The summed E-state index contributed by atoms with van der Waals surface area (Å²) in [4.78, 5) is 10.7. The fraction of sp³-hybridized carbons (Fsp3) is 0.900. The molecule has 0 bridgehead atoms. The summed E-state index contributed by atoms with van der Waals surface area (Å²) in [6.07, 6.45) is 0.266. The number of carbonyl (C=O) groups excluding carboxylic acids is 1. The first-order valence-electron chi connectivity index (χ1n) is 4.93. The molecule has 4 nitrogen and oxygen atoms in total. The Morgan fingerprint density at radius 3 is 2.36 bits per heavy atom. The van der Waals surface area contributed by atoms with Gasteiger partial charge in [0.2, 0.25) is 5.91 Å². The van der Waals surface area contributed by atoms with E-state index in [1.165, 1.54) is 0 Å². The Balaban J connectivity index is 3.74. The molecule has 0 aliphatic rings. The number of amides is 1. The van der Waals surface area contributed by atoms with E-state index in [4.69, 9.17) is 5.73 Å². The molecule has 0 aromatic carbocycles. The largest absolute Gasteiger partial charge is 0.392 e. The van der Waals surface area contributed by atoms with Gasteiger partial charge in [0.05, 0.1) is 12.1 Å². The maximum atomic E-state index is 10.7. The fourth-order valence-electron chi connectivity index (χ4n) is 1.19. The van der Waals surface area contributed by atoms with Gasteiger partial charge in [0.25, 0.3) is 0 Å². The van der Waals surface area contributed by atoms with E-state index in [0.717, 1.165) is 0 Å². The lowest BCUT2D eigenvalue weighted by molar-refractivity contribution is -0.119. The quantitative estimate of drug-likeness (QED) is 0.598. The Kier molecular flexibility index (Phi) is 5.08. The monoisotopic (exact) mass is 202 g/mol. The van der Waals surface area contributed by atoms with Crippen LogP contribution < -0.4 is 11.1 Å². The molecule has 0 spiro atoms. The van der Waals surface area contributed by atoms with Gasteiger partial charge in [-0.15, -0.1) is 0 Å². The molecule has 0 saturated heterocycles. The van der Waals surface area contributed by atoms with Crippen molar-refractivity contribution in [2.45, 2.75) is 46.3 Å². The zero-order chi connectivity index (χ0) is 11.4. The molecule has 14 heavy (non-hydrogen) atoms. The Morgan fingerprint density at radius 2 is 2.00 bits per heavy atom. The van der Waals surface area contributed by atoms with Crippen LogP contribution in [0, 0.1) is 5.41 Å². The minimum atomic E-state index is -0.434. The normalized spacial score (nSPS) is 16.4. The molecule has 4 heteroatoms. The van der Waals surface area contributed by atoms with Crippen molar-refractivity contribution in [1.29, 1.82) is 0 Å². The summed E-state index contributed by atoms with van der Waals surface area (Å²) in [5, 5.41) is 12.5. The summed E-state index contributed by atoms with van der Waals surface area (Å²) >= 11 is 0. The lowest BCUT2D eigenvalue weighted by Gasteiger charge is -2.23. The zero-order valence-corrected chi connectivity index (χ0v) is 9.50. The number of nitrogens with two attached hydrogens (primary N) is 1. The Labute approximate surface area is 85.9 Å². The number of primary amides is 1. The summed E-state index contributed by atoms with van der Waals surface area (Å²) in [6.45, 7) is 8.28. The van der Waals surface area contributed by atoms with E-state index in [9.17, 15) is 9.90 Å². The van der Waals surface area contributed by atoms with E-state index >= 15 is 0 Å². The van der Waals surface area contributed by atoms with Crippen molar-refractivity contribution in [2.24, 2.45) is 11.1 Å². The first-order chi connectivity index (χ1) is 6.22. The Hall–Kier alpha value is -0.610. The van der Waals surface area contributed by atoms with E-state index in [-0.39, 0.29) is 11.5 Å². The second-order valence-electron chi connectivity index (χ2n) is 4.95. The van der Waals surface area contributed by atoms with Crippen LogP contribution in [0.5, 0.6) is 0 Å². The molecule has 1 amide bonds. The van der Waals surface area contributed by atoms with Crippen molar-refractivity contribution in [1.82, 2.24) is 5.32 Å². The molecule has 0 aliphatic heterocycles. The summed E-state index contributed by atoms with van der Waals surface area (Å²) in [6, 6.07) is -0.385. The summed E-state index contributed by atoms with van der Waals surface area (Å²) in [5.74, 6) is -0.395. The molecule has 0 aromatic rings. The smallest absolute Gasteiger partial charge is 0.234 e. The van der Waals surface area contributed by atoms with Gasteiger partial charge in [-0.05, 0) is 18.8 Å². The SMILES string of the molecule is CC(NCC(O)CC(C)(C)C)C(N)=O.